The number of aliphatic carboxylic acids is 1. The second-order valence-electron chi connectivity index (χ2n) is 8.00. The number of carbonyl (C=O) groups excluding carboxylic acids is 1. The zero-order valence-corrected chi connectivity index (χ0v) is 14.0. The molecular weight excluding hydrogens is 294 g/mol. The molecule has 5 nitrogen and oxygen atoms in total. The van der Waals surface area contributed by atoms with Gasteiger partial charge < -0.3 is 15.2 Å². The number of hydrogen-bond acceptors (Lipinski definition) is 3. The van der Waals surface area contributed by atoms with E-state index in [1.807, 2.05) is 0 Å². The van der Waals surface area contributed by atoms with E-state index in [2.05, 4.69) is 25.7 Å². The average molecular weight is 321 g/mol. The van der Waals surface area contributed by atoms with E-state index in [9.17, 15) is 9.59 Å². The molecule has 1 unspecified atom stereocenters. The van der Waals surface area contributed by atoms with Gasteiger partial charge in [0.1, 0.15) is 0 Å². The highest BCUT2D eigenvalue weighted by atomic mass is 16.5. The Kier molecular flexibility index (Phi) is 4.25. The Balaban J connectivity index is 1.43. The normalized spacial score (nSPS) is 38.0. The van der Waals surface area contributed by atoms with Gasteiger partial charge >= 0.3 is 5.97 Å². The summed E-state index contributed by atoms with van der Waals surface area (Å²) in [5.74, 6) is 0.00397. The summed E-state index contributed by atoms with van der Waals surface area (Å²) >= 11 is 0. The molecule has 5 heteroatoms. The van der Waals surface area contributed by atoms with Crippen molar-refractivity contribution in [1.82, 2.24) is 5.32 Å². The van der Waals surface area contributed by atoms with Crippen molar-refractivity contribution in [3.63, 3.8) is 0 Å². The average Bonchev–Trinajstić information content (AvgIpc) is 2.96. The van der Waals surface area contributed by atoms with Crippen LogP contribution in [0.25, 0.3) is 0 Å². The molecule has 3 saturated carbocycles. The van der Waals surface area contributed by atoms with Gasteiger partial charge in [0.05, 0.1) is 24.7 Å². The zero-order chi connectivity index (χ0) is 16.8. The molecule has 1 saturated heterocycles. The third-order valence-electron chi connectivity index (χ3n) is 6.34. The predicted molar refractivity (Wildman–Crippen MR) is 85.8 cm³/mol. The van der Waals surface area contributed by atoms with Crippen LogP contribution in [0.15, 0.2) is 12.2 Å². The van der Waals surface area contributed by atoms with Gasteiger partial charge in [-0.1, -0.05) is 26.0 Å². The lowest BCUT2D eigenvalue weighted by atomic mass is 9.46. The molecule has 0 aromatic heterocycles. The Bertz CT molecular complexity index is 527. The standard InChI is InChI=1S/C18H27NO4/c1-10-14-7-12(18(14,2)3)8-15(10)19-16(20)5-4-13-6-11(9-23-13)17(21)22/h11-15H,1,4-9H2,2-3H3,(H,19,20)(H,21,22)/t11-,12+,13+,14-,15?/m0/s1. The highest BCUT2D eigenvalue weighted by Gasteiger charge is 2.54. The smallest absolute Gasteiger partial charge is 0.308 e. The summed E-state index contributed by atoms with van der Waals surface area (Å²) in [6.45, 7) is 9.08. The van der Waals surface area contributed by atoms with Crippen molar-refractivity contribution >= 4 is 11.9 Å². The molecule has 4 aliphatic rings. The van der Waals surface area contributed by atoms with Crippen LogP contribution >= 0.6 is 0 Å². The van der Waals surface area contributed by atoms with Crippen LogP contribution in [0.2, 0.25) is 0 Å². The molecule has 1 heterocycles. The Hall–Kier alpha value is -1.36. The van der Waals surface area contributed by atoms with Crippen molar-refractivity contribution in [3.05, 3.63) is 12.2 Å². The largest absolute Gasteiger partial charge is 0.481 e. The molecule has 5 atom stereocenters. The summed E-state index contributed by atoms with van der Waals surface area (Å²) in [4.78, 5) is 23.1. The fourth-order valence-corrected chi connectivity index (χ4v) is 4.51. The molecular formula is C18H27NO4. The van der Waals surface area contributed by atoms with Crippen LogP contribution in [0.3, 0.4) is 0 Å². The van der Waals surface area contributed by atoms with Gasteiger partial charge in [0, 0.05) is 6.42 Å². The maximum absolute atomic E-state index is 12.2. The van der Waals surface area contributed by atoms with Crippen molar-refractivity contribution in [2.45, 2.75) is 58.1 Å². The van der Waals surface area contributed by atoms with Crippen LogP contribution in [0, 0.1) is 23.2 Å². The monoisotopic (exact) mass is 321 g/mol. The molecule has 0 aromatic rings. The molecule has 2 N–H and O–H groups in total. The first-order chi connectivity index (χ1) is 10.8. The number of hydrogen-bond donors (Lipinski definition) is 2. The summed E-state index contributed by atoms with van der Waals surface area (Å²) in [5.41, 5.74) is 1.51. The Morgan fingerprint density at radius 3 is 2.65 bits per heavy atom. The molecule has 1 amide bonds. The lowest BCUT2D eigenvalue weighted by Crippen LogP contribution is -2.57. The van der Waals surface area contributed by atoms with Gasteiger partial charge in [-0.25, -0.2) is 0 Å². The quantitative estimate of drug-likeness (QED) is 0.762. The second kappa shape index (κ2) is 5.93. The highest BCUT2D eigenvalue weighted by Crippen LogP contribution is 2.60. The number of amides is 1. The minimum Gasteiger partial charge on any atom is -0.481 e. The molecule has 0 radical (unpaired) electrons. The van der Waals surface area contributed by atoms with Crippen molar-refractivity contribution in [3.8, 4) is 0 Å². The van der Waals surface area contributed by atoms with Gasteiger partial charge in [0.2, 0.25) is 5.91 Å². The fourth-order valence-electron chi connectivity index (χ4n) is 4.51. The number of carboxylic acid groups (broad SMARTS) is 1. The summed E-state index contributed by atoms with van der Waals surface area (Å²) in [6, 6.07) is 0.107. The molecule has 2 bridgehead atoms. The van der Waals surface area contributed by atoms with Crippen molar-refractivity contribution in [2.75, 3.05) is 6.61 Å². The van der Waals surface area contributed by atoms with E-state index in [1.54, 1.807) is 0 Å². The van der Waals surface area contributed by atoms with Crippen LogP contribution in [-0.2, 0) is 14.3 Å². The zero-order valence-electron chi connectivity index (χ0n) is 14.0. The summed E-state index contributed by atoms with van der Waals surface area (Å²) in [6.07, 6.45) is 3.59. The van der Waals surface area contributed by atoms with Crippen LogP contribution in [-0.4, -0.2) is 35.7 Å². The van der Waals surface area contributed by atoms with Crippen LogP contribution < -0.4 is 5.32 Å². The minimum atomic E-state index is -0.808. The Morgan fingerprint density at radius 2 is 2.09 bits per heavy atom. The SMILES string of the molecule is C=C1C(NC(=O)CC[C@@H]2C[C@H](C(=O)O)CO2)C[C@H]2C[C@@H]1C2(C)C. The number of carbonyl (C=O) groups is 2. The van der Waals surface area contributed by atoms with Crippen LogP contribution in [0.5, 0.6) is 0 Å². The first-order valence-electron chi connectivity index (χ1n) is 8.61. The van der Waals surface area contributed by atoms with Gasteiger partial charge in [0.25, 0.3) is 0 Å². The minimum absolute atomic E-state index is 0.0256. The van der Waals surface area contributed by atoms with Gasteiger partial charge in [-0.15, -0.1) is 0 Å². The molecule has 4 fully saturated rings. The molecule has 1 aliphatic heterocycles. The number of carboxylic acids is 1. The van der Waals surface area contributed by atoms with Gasteiger partial charge in [-0.05, 0) is 42.9 Å². The molecule has 4 rings (SSSR count). The third-order valence-corrected chi connectivity index (χ3v) is 6.34. The maximum atomic E-state index is 12.2. The second-order valence-corrected chi connectivity index (χ2v) is 8.00. The predicted octanol–water partition coefficient (Wildman–Crippen LogP) is 2.36. The van der Waals surface area contributed by atoms with E-state index in [1.165, 1.54) is 12.0 Å². The molecule has 128 valence electrons. The van der Waals surface area contributed by atoms with Gasteiger partial charge in [-0.2, -0.15) is 0 Å². The molecule has 0 spiro atoms. The number of nitrogens with one attached hydrogen (secondary N) is 1. The molecule has 0 aromatic carbocycles. The van der Waals surface area contributed by atoms with Crippen molar-refractivity contribution < 1.29 is 19.4 Å². The van der Waals surface area contributed by atoms with Crippen LogP contribution in [0.1, 0.15) is 46.0 Å². The Morgan fingerprint density at radius 1 is 1.35 bits per heavy atom. The van der Waals surface area contributed by atoms with Gasteiger partial charge in [-0.3, -0.25) is 9.59 Å². The van der Waals surface area contributed by atoms with E-state index >= 15 is 0 Å². The lowest BCUT2D eigenvalue weighted by molar-refractivity contribution is -0.141. The first kappa shape index (κ1) is 16.5. The van der Waals surface area contributed by atoms with Crippen molar-refractivity contribution in [1.29, 1.82) is 0 Å². The Labute approximate surface area is 137 Å². The lowest BCUT2D eigenvalue weighted by Gasteiger charge is -2.60. The maximum Gasteiger partial charge on any atom is 0.308 e. The number of rotatable bonds is 5. The summed E-state index contributed by atoms with van der Waals surface area (Å²) in [5, 5.41) is 12.1. The van der Waals surface area contributed by atoms with E-state index in [0.29, 0.717) is 36.5 Å². The van der Waals surface area contributed by atoms with Gasteiger partial charge in [0.15, 0.2) is 0 Å². The highest BCUT2D eigenvalue weighted by molar-refractivity contribution is 5.77. The number of ether oxygens (including phenoxy) is 1. The van der Waals surface area contributed by atoms with E-state index in [0.717, 1.165) is 6.42 Å². The van der Waals surface area contributed by atoms with Crippen molar-refractivity contribution in [2.24, 2.45) is 23.2 Å². The van der Waals surface area contributed by atoms with E-state index in [4.69, 9.17) is 9.84 Å². The topological polar surface area (TPSA) is 75.6 Å². The molecule has 23 heavy (non-hydrogen) atoms. The van der Waals surface area contributed by atoms with Crippen LogP contribution in [0.4, 0.5) is 0 Å². The fraction of sp³-hybridized carbons (Fsp3) is 0.778. The first-order valence-corrected chi connectivity index (χ1v) is 8.61. The number of fused-ring (bicyclic) bond motifs is 2. The summed E-state index contributed by atoms with van der Waals surface area (Å²) in [7, 11) is 0. The van der Waals surface area contributed by atoms with E-state index < -0.39 is 11.9 Å². The van der Waals surface area contributed by atoms with E-state index in [-0.39, 0.29) is 24.7 Å². The molecule has 3 aliphatic carbocycles. The summed E-state index contributed by atoms with van der Waals surface area (Å²) < 4.78 is 5.46. The third kappa shape index (κ3) is 3.03.